The van der Waals surface area contributed by atoms with Gasteiger partial charge in [-0.15, -0.1) is 0 Å². The zero-order valence-electron chi connectivity index (χ0n) is 15.8. The number of aryl methyl sites for hydroxylation is 1. The summed E-state index contributed by atoms with van der Waals surface area (Å²) < 4.78 is 0. The van der Waals surface area contributed by atoms with Crippen LogP contribution in [0, 0.1) is 6.92 Å². The van der Waals surface area contributed by atoms with Gasteiger partial charge in [0, 0.05) is 30.3 Å². The predicted molar refractivity (Wildman–Crippen MR) is 113 cm³/mol. The van der Waals surface area contributed by atoms with Gasteiger partial charge in [-0.1, -0.05) is 47.5 Å². The lowest BCUT2D eigenvalue weighted by atomic mass is 9.93. The molecule has 2 amide bonds. The fourth-order valence-electron chi connectivity index (χ4n) is 3.65. The fourth-order valence-corrected chi connectivity index (χ4v) is 3.83. The zero-order chi connectivity index (χ0) is 19.5. The van der Waals surface area contributed by atoms with Gasteiger partial charge >= 0.3 is 6.03 Å². The third-order valence-electron chi connectivity index (χ3n) is 5.25. The molecule has 0 saturated carbocycles. The number of piperidine rings is 1. The highest BCUT2D eigenvalue weighted by Gasteiger charge is 2.25. The maximum atomic E-state index is 12.5. The van der Waals surface area contributed by atoms with E-state index in [0.29, 0.717) is 29.7 Å². The summed E-state index contributed by atoms with van der Waals surface area (Å²) in [5.74, 6) is 0.385. The summed E-state index contributed by atoms with van der Waals surface area (Å²) in [5, 5.41) is 11.1. The van der Waals surface area contributed by atoms with E-state index in [1.54, 1.807) is 6.07 Å². The molecule has 3 aromatic rings. The molecule has 0 spiro atoms. The van der Waals surface area contributed by atoms with Crippen LogP contribution >= 0.6 is 11.6 Å². The van der Waals surface area contributed by atoms with Crippen molar-refractivity contribution in [1.29, 1.82) is 0 Å². The van der Waals surface area contributed by atoms with Gasteiger partial charge in [-0.25, -0.2) is 4.79 Å². The molecule has 0 radical (unpaired) electrons. The number of hydrogen-bond acceptors (Lipinski definition) is 2. The van der Waals surface area contributed by atoms with Crippen LogP contribution in [0.4, 0.5) is 10.5 Å². The maximum absolute atomic E-state index is 12.5. The number of rotatable bonds is 3. The van der Waals surface area contributed by atoms with Gasteiger partial charge < -0.3 is 10.2 Å². The summed E-state index contributed by atoms with van der Waals surface area (Å²) in [5.41, 5.74) is 5.10. The number of nitrogens with one attached hydrogen (secondary N) is 2. The lowest BCUT2D eigenvalue weighted by molar-refractivity contribution is 0.194. The molecule has 144 valence electrons. The average Bonchev–Trinajstić information content (AvgIpc) is 3.20. The Hall–Kier alpha value is -2.79. The van der Waals surface area contributed by atoms with Gasteiger partial charge in [-0.2, -0.15) is 5.10 Å². The second-order valence-electron chi connectivity index (χ2n) is 7.25. The van der Waals surface area contributed by atoms with E-state index in [1.165, 1.54) is 5.56 Å². The van der Waals surface area contributed by atoms with E-state index in [4.69, 9.17) is 11.6 Å². The highest BCUT2D eigenvalue weighted by Crippen LogP contribution is 2.30. The molecule has 0 atom stereocenters. The SMILES string of the molecule is Cc1cccc(-c2cc(C3CCN(C(=O)Nc4ccccc4Cl)CC3)[nH]n2)c1. The van der Waals surface area contributed by atoms with Crippen molar-refractivity contribution < 1.29 is 4.79 Å². The number of aromatic amines is 1. The number of carbonyl (C=O) groups excluding carboxylic acids is 1. The lowest BCUT2D eigenvalue weighted by Gasteiger charge is -2.31. The normalized spacial score (nSPS) is 14.9. The van der Waals surface area contributed by atoms with Crippen LogP contribution in [0.25, 0.3) is 11.3 Å². The summed E-state index contributed by atoms with van der Waals surface area (Å²) in [6.45, 7) is 3.50. The molecule has 2 N–H and O–H groups in total. The first-order chi connectivity index (χ1) is 13.6. The molecule has 2 heterocycles. The Balaban J connectivity index is 1.37. The molecule has 6 heteroatoms. The van der Waals surface area contributed by atoms with Crippen molar-refractivity contribution in [3.05, 3.63) is 70.9 Å². The Morgan fingerprint density at radius 1 is 1.14 bits per heavy atom. The number of benzene rings is 2. The third-order valence-corrected chi connectivity index (χ3v) is 5.58. The summed E-state index contributed by atoms with van der Waals surface area (Å²) in [7, 11) is 0. The van der Waals surface area contributed by atoms with E-state index in [0.717, 1.165) is 29.8 Å². The first-order valence-electron chi connectivity index (χ1n) is 9.53. The molecule has 0 aliphatic carbocycles. The van der Waals surface area contributed by atoms with E-state index in [2.05, 4.69) is 52.8 Å². The monoisotopic (exact) mass is 394 g/mol. The van der Waals surface area contributed by atoms with Crippen LogP contribution in [0.3, 0.4) is 0 Å². The van der Waals surface area contributed by atoms with Gasteiger partial charge in [0.25, 0.3) is 0 Å². The number of aromatic nitrogens is 2. The van der Waals surface area contributed by atoms with Crippen molar-refractivity contribution in [2.45, 2.75) is 25.7 Å². The van der Waals surface area contributed by atoms with Gasteiger partial charge in [0.1, 0.15) is 0 Å². The van der Waals surface area contributed by atoms with Crippen LogP contribution in [0.2, 0.25) is 5.02 Å². The number of nitrogens with zero attached hydrogens (tertiary/aromatic N) is 2. The number of H-pyrrole nitrogens is 1. The summed E-state index contributed by atoms with van der Waals surface area (Å²) in [4.78, 5) is 14.4. The Labute approximate surface area is 169 Å². The Bertz CT molecular complexity index is 976. The lowest BCUT2D eigenvalue weighted by Crippen LogP contribution is -2.40. The van der Waals surface area contributed by atoms with Crippen LogP contribution in [-0.4, -0.2) is 34.2 Å². The molecule has 2 aromatic carbocycles. The minimum Gasteiger partial charge on any atom is -0.324 e. The molecule has 1 aromatic heterocycles. The Morgan fingerprint density at radius 3 is 2.68 bits per heavy atom. The molecular weight excluding hydrogens is 372 g/mol. The number of amides is 2. The number of carbonyl (C=O) groups is 1. The van der Waals surface area contributed by atoms with Crippen molar-refractivity contribution in [3.63, 3.8) is 0 Å². The number of anilines is 1. The highest BCUT2D eigenvalue weighted by molar-refractivity contribution is 6.33. The van der Waals surface area contributed by atoms with Crippen LogP contribution < -0.4 is 5.32 Å². The third kappa shape index (κ3) is 4.04. The largest absolute Gasteiger partial charge is 0.324 e. The number of hydrogen-bond donors (Lipinski definition) is 2. The van der Waals surface area contributed by atoms with Crippen molar-refractivity contribution in [3.8, 4) is 11.3 Å². The standard InChI is InChI=1S/C22H23ClN4O/c1-15-5-4-6-17(13-15)21-14-20(25-26-21)16-9-11-27(12-10-16)22(28)24-19-8-3-2-7-18(19)23/h2-8,13-14,16H,9-12H2,1H3,(H,24,28)(H,25,26). The first kappa shape index (κ1) is 18.6. The fraction of sp³-hybridized carbons (Fsp3) is 0.273. The number of likely N-dealkylation sites (tertiary alicyclic amines) is 1. The van der Waals surface area contributed by atoms with E-state index in [1.807, 2.05) is 23.1 Å². The first-order valence-corrected chi connectivity index (χ1v) is 9.91. The van der Waals surface area contributed by atoms with Gasteiger partial charge in [0.15, 0.2) is 0 Å². The van der Waals surface area contributed by atoms with Crippen LogP contribution in [-0.2, 0) is 0 Å². The molecule has 1 aliphatic rings. The van der Waals surface area contributed by atoms with E-state index < -0.39 is 0 Å². The van der Waals surface area contributed by atoms with Crippen LogP contribution in [0.5, 0.6) is 0 Å². The molecular formula is C22H23ClN4O. The summed E-state index contributed by atoms with van der Waals surface area (Å²) in [6, 6.07) is 17.7. The molecule has 0 bridgehead atoms. The van der Waals surface area contributed by atoms with Gasteiger partial charge in [-0.3, -0.25) is 5.10 Å². The maximum Gasteiger partial charge on any atom is 0.321 e. The van der Waals surface area contributed by atoms with Crippen LogP contribution in [0.1, 0.15) is 30.0 Å². The average molecular weight is 395 g/mol. The molecule has 1 saturated heterocycles. The Morgan fingerprint density at radius 2 is 1.93 bits per heavy atom. The van der Waals surface area contributed by atoms with Crippen molar-refractivity contribution in [2.75, 3.05) is 18.4 Å². The summed E-state index contributed by atoms with van der Waals surface area (Å²) in [6.07, 6.45) is 1.82. The van der Waals surface area contributed by atoms with Crippen molar-refractivity contribution in [1.82, 2.24) is 15.1 Å². The Kier molecular flexibility index (Phi) is 5.35. The molecule has 1 fully saturated rings. The minimum absolute atomic E-state index is 0.100. The quantitative estimate of drug-likeness (QED) is 0.620. The number of para-hydroxylation sites is 1. The van der Waals surface area contributed by atoms with Gasteiger partial charge in [-0.05, 0) is 44.0 Å². The molecule has 1 aliphatic heterocycles. The van der Waals surface area contributed by atoms with Crippen LogP contribution in [0.15, 0.2) is 54.6 Å². The van der Waals surface area contributed by atoms with E-state index >= 15 is 0 Å². The predicted octanol–water partition coefficient (Wildman–Crippen LogP) is 5.45. The zero-order valence-corrected chi connectivity index (χ0v) is 16.5. The van der Waals surface area contributed by atoms with Crippen molar-refractivity contribution in [2.24, 2.45) is 0 Å². The van der Waals surface area contributed by atoms with E-state index in [-0.39, 0.29) is 6.03 Å². The van der Waals surface area contributed by atoms with Gasteiger partial charge in [0.05, 0.1) is 16.4 Å². The summed E-state index contributed by atoms with van der Waals surface area (Å²) >= 11 is 6.13. The second kappa shape index (κ2) is 8.07. The van der Waals surface area contributed by atoms with Gasteiger partial charge in [0.2, 0.25) is 0 Å². The molecule has 0 unspecified atom stereocenters. The molecule has 28 heavy (non-hydrogen) atoms. The minimum atomic E-state index is -0.100. The second-order valence-corrected chi connectivity index (χ2v) is 7.66. The molecule has 5 nitrogen and oxygen atoms in total. The number of halogens is 1. The molecule has 4 rings (SSSR count). The van der Waals surface area contributed by atoms with Crippen molar-refractivity contribution >= 4 is 23.3 Å². The highest BCUT2D eigenvalue weighted by atomic mass is 35.5. The topological polar surface area (TPSA) is 61.0 Å². The smallest absolute Gasteiger partial charge is 0.321 e. The number of urea groups is 1. The van der Waals surface area contributed by atoms with E-state index in [9.17, 15) is 4.79 Å².